The Kier molecular flexibility index (Phi) is 6.93. The molecule has 3 aromatic rings. The molecule has 0 saturated carbocycles. The Balaban J connectivity index is 1.34. The molecule has 0 unspecified atom stereocenters. The number of rotatable bonds is 5. The maximum Gasteiger partial charge on any atom is 0.262 e. The van der Waals surface area contributed by atoms with Gasteiger partial charge in [-0.1, -0.05) is 59.8 Å². The van der Waals surface area contributed by atoms with Crippen LogP contribution < -0.4 is 5.32 Å². The van der Waals surface area contributed by atoms with Crippen LogP contribution in [0.2, 0.25) is 0 Å². The molecule has 0 spiro atoms. The lowest BCUT2D eigenvalue weighted by atomic mass is 9.98. The molecule has 2 aliphatic heterocycles. The summed E-state index contributed by atoms with van der Waals surface area (Å²) in [6.07, 6.45) is 0.599. The van der Waals surface area contributed by atoms with Gasteiger partial charge in [-0.15, -0.1) is 0 Å². The minimum Gasteiger partial charge on any atom is -0.326 e. The Morgan fingerprint density at radius 3 is 2.46 bits per heavy atom. The van der Waals surface area contributed by atoms with Crippen molar-refractivity contribution >= 4 is 40.1 Å². The second kappa shape index (κ2) is 10.3. The minimum atomic E-state index is -0.620. The van der Waals surface area contributed by atoms with Gasteiger partial charge in [-0.05, 0) is 67.3 Å². The number of aliphatic imine (C=N–C) groups is 1. The number of carbonyl (C=O) groups excluding carboxylic acids is 2. The van der Waals surface area contributed by atoms with Crippen molar-refractivity contribution in [3.05, 3.63) is 100 Å². The maximum atomic E-state index is 13.5. The summed E-state index contributed by atoms with van der Waals surface area (Å²) < 4.78 is 13.5. The summed E-state index contributed by atoms with van der Waals surface area (Å²) in [5, 5.41) is 9.31. The molecule has 3 aromatic carbocycles. The lowest BCUT2D eigenvalue weighted by molar-refractivity contribution is -0.121. The van der Waals surface area contributed by atoms with E-state index in [0.717, 1.165) is 33.5 Å². The molecule has 8 heteroatoms. The number of anilines is 1. The average Bonchev–Trinajstić information content (AvgIpc) is 3.46. The Morgan fingerprint density at radius 1 is 1.03 bits per heavy atom. The fraction of sp³-hybridized carbons (Fsp3) is 0.241. The molecule has 2 amide bonds. The largest absolute Gasteiger partial charge is 0.326 e. The summed E-state index contributed by atoms with van der Waals surface area (Å²) >= 11 is 1.26. The van der Waals surface area contributed by atoms with Crippen molar-refractivity contribution in [1.29, 1.82) is 0 Å². The van der Waals surface area contributed by atoms with E-state index < -0.39 is 5.25 Å². The predicted molar refractivity (Wildman–Crippen MR) is 146 cm³/mol. The number of hydrogen-bond donors (Lipinski definition) is 1. The van der Waals surface area contributed by atoms with Crippen molar-refractivity contribution in [3.63, 3.8) is 0 Å². The third kappa shape index (κ3) is 5.49. The van der Waals surface area contributed by atoms with Crippen LogP contribution >= 0.6 is 11.8 Å². The number of amidine groups is 1. The highest BCUT2D eigenvalue weighted by molar-refractivity contribution is 8.15. The van der Waals surface area contributed by atoms with Crippen LogP contribution in [0.15, 0.2) is 76.8 Å². The smallest absolute Gasteiger partial charge is 0.262 e. The number of thioether (sulfide) groups is 1. The van der Waals surface area contributed by atoms with E-state index in [1.807, 2.05) is 63.2 Å². The van der Waals surface area contributed by atoms with Gasteiger partial charge in [-0.2, -0.15) is 10.1 Å². The highest BCUT2D eigenvalue weighted by Gasteiger charge is 2.39. The summed E-state index contributed by atoms with van der Waals surface area (Å²) in [7, 11) is 0. The first-order valence-electron chi connectivity index (χ1n) is 12.1. The second-order valence-electron chi connectivity index (χ2n) is 9.42. The second-order valence-corrected chi connectivity index (χ2v) is 10.6. The van der Waals surface area contributed by atoms with Crippen molar-refractivity contribution in [3.8, 4) is 0 Å². The molecule has 37 heavy (non-hydrogen) atoms. The standard InChI is InChI=1S/C29H27FN4O2S/c1-17-4-7-21(8-5-17)25-15-24(20-9-11-22(30)12-10-20)33-34(25)29-32-28(36)26(37-29)16-27(35)31-23-13-6-18(2)19(3)14-23/h4-14,25-26H,15-16H2,1-3H3,(H,31,35)/t25-,26-/m0/s1. The number of hydrogen-bond acceptors (Lipinski definition) is 5. The van der Waals surface area contributed by atoms with Crippen molar-refractivity contribution in [2.75, 3.05) is 5.32 Å². The van der Waals surface area contributed by atoms with Crippen LogP contribution in [-0.2, 0) is 9.59 Å². The SMILES string of the molecule is Cc1ccc([C@@H]2CC(c3ccc(F)cc3)=NN2C2=NC(=O)[C@H](CC(=O)Nc3ccc(C)c(C)c3)S2)cc1. The zero-order chi connectivity index (χ0) is 26.1. The number of benzene rings is 3. The monoisotopic (exact) mass is 514 g/mol. The molecule has 1 N–H and O–H groups in total. The highest BCUT2D eigenvalue weighted by Crippen LogP contribution is 2.38. The predicted octanol–water partition coefficient (Wildman–Crippen LogP) is 5.93. The lowest BCUT2D eigenvalue weighted by Crippen LogP contribution is -2.25. The maximum absolute atomic E-state index is 13.5. The molecule has 188 valence electrons. The molecule has 2 atom stereocenters. The number of amides is 2. The first-order valence-corrected chi connectivity index (χ1v) is 13.0. The van der Waals surface area contributed by atoms with Gasteiger partial charge in [0, 0.05) is 18.5 Å². The molecule has 2 heterocycles. The van der Waals surface area contributed by atoms with E-state index >= 15 is 0 Å². The first kappa shape index (κ1) is 24.9. The van der Waals surface area contributed by atoms with Gasteiger partial charge in [0.2, 0.25) is 5.91 Å². The lowest BCUT2D eigenvalue weighted by Gasteiger charge is -2.23. The van der Waals surface area contributed by atoms with Gasteiger partial charge in [0.05, 0.1) is 11.8 Å². The number of aryl methyl sites for hydroxylation is 3. The van der Waals surface area contributed by atoms with E-state index in [1.165, 1.54) is 23.9 Å². The van der Waals surface area contributed by atoms with Crippen LogP contribution in [0.4, 0.5) is 10.1 Å². The zero-order valence-corrected chi connectivity index (χ0v) is 21.7. The Hall–Kier alpha value is -3.78. The number of carbonyl (C=O) groups is 2. The van der Waals surface area contributed by atoms with Crippen LogP contribution in [-0.4, -0.2) is 33.0 Å². The minimum absolute atomic E-state index is 0.0149. The van der Waals surface area contributed by atoms with Gasteiger partial charge in [-0.25, -0.2) is 9.40 Å². The van der Waals surface area contributed by atoms with E-state index in [4.69, 9.17) is 5.10 Å². The van der Waals surface area contributed by atoms with Crippen molar-refractivity contribution in [2.24, 2.45) is 10.1 Å². The number of nitrogens with zero attached hydrogens (tertiary/aromatic N) is 3. The Bertz CT molecular complexity index is 1420. The molecule has 0 bridgehead atoms. The van der Waals surface area contributed by atoms with Crippen LogP contribution in [0.5, 0.6) is 0 Å². The van der Waals surface area contributed by atoms with Crippen molar-refractivity contribution in [2.45, 2.75) is 44.9 Å². The molecule has 0 fully saturated rings. The summed E-state index contributed by atoms with van der Waals surface area (Å²) in [6.45, 7) is 6.03. The molecule has 5 rings (SSSR count). The van der Waals surface area contributed by atoms with Crippen LogP contribution in [0.25, 0.3) is 0 Å². The number of hydrazone groups is 1. The Morgan fingerprint density at radius 2 is 1.76 bits per heavy atom. The molecular weight excluding hydrogens is 487 g/mol. The van der Waals surface area contributed by atoms with Crippen LogP contribution in [0.1, 0.15) is 46.7 Å². The number of nitrogens with one attached hydrogen (secondary N) is 1. The first-order chi connectivity index (χ1) is 17.8. The summed E-state index contributed by atoms with van der Waals surface area (Å²) in [4.78, 5) is 29.8. The van der Waals surface area contributed by atoms with Gasteiger partial charge in [0.25, 0.3) is 5.91 Å². The summed E-state index contributed by atoms with van der Waals surface area (Å²) in [6, 6.07) is 20.0. The van der Waals surface area contributed by atoms with Gasteiger partial charge >= 0.3 is 0 Å². The van der Waals surface area contributed by atoms with E-state index in [0.29, 0.717) is 17.3 Å². The van der Waals surface area contributed by atoms with E-state index in [2.05, 4.69) is 10.3 Å². The molecule has 0 aliphatic carbocycles. The summed E-state index contributed by atoms with van der Waals surface area (Å²) in [5.74, 6) is -0.890. The molecule has 0 saturated heterocycles. The molecule has 6 nitrogen and oxygen atoms in total. The molecule has 0 radical (unpaired) electrons. The third-order valence-electron chi connectivity index (χ3n) is 6.64. The quantitative estimate of drug-likeness (QED) is 0.458. The highest BCUT2D eigenvalue weighted by atomic mass is 32.2. The van der Waals surface area contributed by atoms with Crippen molar-refractivity contribution < 1.29 is 14.0 Å². The summed E-state index contributed by atoms with van der Waals surface area (Å²) in [5.41, 5.74) is 6.73. The fourth-order valence-electron chi connectivity index (χ4n) is 4.36. The molecule has 0 aromatic heterocycles. The van der Waals surface area contributed by atoms with Crippen LogP contribution in [0, 0.1) is 26.6 Å². The van der Waals surface area contributed by atoms with Gasteiger partial charge < -0.3 is 5.32 Å². The van der Waals surface area contributed by atoms with Gasteiger partial charge in [0.15, 0.2) is 5.17 Å². The molecule has 2 aliphatic rings. The normalized spacial score (nSPS) is 19.1. The van der Waals surface area contributed by atoms with E-state index in [9.17, 15) is 14.0 Å². The zero-order valence-electron chi connectivity index (χ0n) is 20.9. The topological polar surface area (TPSA) is 74.1 Å². The Labute approximate surface area is 219 Å². The molecular formula is C29H27FN4O2S. The van der Waals surface area contributed by atoms with Gasteiger partial charge in [0.1, 0.15) is 11.1 Å². The number of halogens is 1. The average molecular weight is 515 g/mol. The van der Waals surface area contributed by atoms with E-state index in [1.54, 1.807) is 17.1 Å². The van der Waals surface area contributed by atoms with Gasteiger partial charge in [-0.3, -0.25) is 9.59 Å². The van der Waals surface area contributed by atoms with Crippen LogP contribution in [0.3, 0.4) is 0 Å². The van der Waals surface area contributed by atoms with Crippen molar-refractivity contribution in [1.82, 2.24) is 5.01 Å². The third-order valence-corrected chi connectivity index (χ3v) is 7.78. The van der Waals surface area contributed by atoms with E-state index in [-0.39, 0.29) is 30.1 Å². The fourth-order valence-corrected chi connectivity index (χ4v) is 5.42.